The molecule has 2 unspecified atom stereocenters. The lowest BCUT2D eigenvalue weighted by molar-refractivity contribution is 0.583. The smallest absolute Gasteiger partial charge is 0.133 e. The average molecular weight is 273 g/mol. The van der Waals surface area contributed by atoms with Gasteiger partial charge in [-0.1, -0.05) is 24.3 Å². The molecule has 3 nitrogen and oxygen atoms in total. The maximum atomic E-state index is 13.9. The summed E-state index contributed by atoms with van der Waals surface area (Å²) in [6.45, 7) is 3.88. The Morgan fingerprint density at radius 2 is 1.75 bits per heavy atom. The lowest BCUT2D eigenvalue weighted by Crippen LogP contribution is -2.25. The van der Waals surface area contributed by atoms with Crippen molar-refractivity contribution < 1.29 is 4.39 Å². The van der Waals surface area contributed by atoms with Crippen LogP contribution in [0.15, 0.2) is 42.6 Å². The fraction of sp³-hybridized carbons (Fsp3) is 0.312. The highest BCUT2D eigenvalue weighted by Crippen LogP contribution is 2.29. The van der Waals surface area contributed by atoms with Crippen LogP contribution in [0.5, 0.6) is 0 Å². The summed E-state index contributed by atoms with van der Waals surface area (Å²) < 4.78 is 13.9. The van der Waals surface area contributed by atoms with E-state index in [1.807, 2.05) is 44.0 Å². The number of nitrogens with two attached hydrogens (primary N) is 1. The van der Waals surface area contributed by atoms with Crippen LogP contribution in [0.2, 0.25) is 0 Å². The van der Waals surface area contributed by atoms with Crippen molar-refractivity contribution in [2.24, 2.45) is 5.73 Å². The van der Waals surface area contributed by atoms with Gasteiger partial charge in [-0.05, 0) is 26.0 Å². The van der Waals surface area contributed by atoms with Crippen molar-refractivity contribution in [2.75, 3.05) is 11.9 Å². The van der Waals surface area contributed by atoms with Gasteiger partial charge in [-0.15, -0.1) is 0 Å². The molecular formula is C16H20FN3. The first-order valence-corrected chi connectivity index (χ1v) is 6.70. The summed E-state index contributed by atoms with van der Waals surface area (Å²) >= 11 is 0. The third kappa shape index (κ3) is 2.80. The highest BCUT2D eigenvalue weighted by atomic mass is 19.1. The number of aromatic nitrogens is 1. The van der Waals surface area contributed by atoms with E-state index in [4.69, 9.17) is 5.73 Å². The van der Waals surface area contributed by atoms with E-state index >= 15 is 0 Å². The van der Waals surface area contributed by atoms with Crippen molar-refractivity contribution in [2.45, 2.75) is 25.9 Å². The molecule has 0 saturated heterocycles. The molecule has 0 saturated carbocycles. The van der Waals surface area contributed by atoms with Gasteiger partial charge < -0.3 is 10.6 Å². The van der Waals surface area contributed by atoms with Crippen LogP contribution in [0.25, 0.3) is 0 Å². The first-order chi connectivity index (χ1) is 9.52. The van der Waals surface area contributed by atoms with Crippen molar-refractivity contribution in [3.05, 3.63) is 59.5 Å². The zero-order chi connectivity index (χ0) is 14.7. The number of benzene rings is 1. The molecule has 20 heavy (non-hydrogen) atoms. The second-order valence-corrected chi connectivity index (χ2v) is 5.01. The maximum absolute atomic E-state index is 13.9. The minimum Gasteiger partial charge on any atom is -0.353 e. The number of pyridine rings is 1. The standard InChI is InChI=1S/C16H20FN3/c1-11(18)13-8-6-10-19-16(13)20(3)12(2)14-7-4-5-9-15(14)17/h4-12H,18H2,1-3H3. The van der Waals surface area contributed by atoms with Crippen molar-refractivity contribution in [1.82, 2.24) is 4.98 Å². The quantitative estimate of drug-likeness (QED) is 0.928. The molecule has 2 atom stereocenters. The van der Waals surface area contributed by atoms with Crippen LogP contribution in [0, 0.1) is 5.82 Å². The number of hydrogen-bond donors (Lipinski definition) is 1. The van der Waals surface area contributed by atoms with Gasteiger partial charge in [0.1, 0.15) is 11.6 Å². The minimum absolute atomic E-state index is 0.117. The Morgan fingerprint density at radius 1 is 1.10 bits per heavy atom. The van der Waals surface area contributed by atoms with Crippen molar-refractivity contribution in [3.8, 4) is 0 Å². The number of halogens is 1. The molecule has 0 aliphatic heterocycles. The Hall–Kier alpha value is -1.94. The summed E-state index contributed by atoms with van der Waals surface area (Å²) in [6.07, 6.45) is 1.73. The van der Waals surface area contributed by atoms with Gasteiger partial charge in [0.25, 0.3) is 0 Å². The summed E-state index contributed by atoms with van der Waals surface area (Å²) in [7, 11) is 1.91. The summed E-state index contributed by atoms with van der Waals surface area (Å²) in [6, 6.07) is 10.4. The van der Waals surface area contributed by atoms with E-state index in [0.29, 0.717) is 5.56 Å². The molecule has 1 heterocycles. The van der Waals surface area contributed by atoms with E-state index in [1.165, 1.54) is 6.07 Å². The summed E-state index contributed by atoms with van der Waals surface area (Å²) in [5.74, 6) is 0.586. The normalized spacial score (nSPS) is 13.8. The van der Waals surface area contributed by atoms with E-state index in [0.717, 1.165) is 11.4 Å². The van der Waals surface area contributed by atoms with Crippen molar-refractivity contribution >= 4 is 5.82 Å². The molecule has 0 fully saturated rings. The summed E-state index contributed by atoms with van der Waals surface area (Å²) in [5.41, 5.74) is 7.59. The highest BCUT2D eigenvalue weighted by Gasteiger charge is 2.19. The fourth-order valence-electron chi connectivity index (χ4n) is 2.27. The Bertz CT molecular complexity index is 583. The predicted octanol–water partition coefficient (Wildman–Crippen LogP) is 3.44. The number of nitrogens with zero attached hydrogens (tertiary/aromatic N) is 2. The van der Waals surface area contributed by atoms with Crippen molar-refractivity contribution in [1.29, 1.82) is 0 Å². The molecule has 106 valence electrons. The van der Waals surface area contributed by atoms with E-state index in [9.17, 15) is 4.39 Å². The first-order valence-electron chi connectivity index (χ1n) is 6.70. The highest BCUT2D eigenvalue weighted by molar-refractivity contribution is 5.49. The summed E-state index contributed by atoms with van der Waals surface area (Å²) in [4.78, 5) is 6.36. The van der Waals surface area contributed by atoms with Crippen LogP contribution in [0.3, 0.4) is 0 Å². The Kier molecular flexibility index (Phi) is 4.35. The van der Waals surface area contributed by atoms with E-state index < -0.39 is 0 Å². The second-order valence-electron chi connectivity index (χ2n) is 5.01. The number of rotatable bonds is 4. The molecule has 2 N–H and O–H groups in total. The molecule has 1 aromatic heterocycles. The Labute approximate surface area is 119 Å². The molecule has 1 aromatic carbocycles. The lowest BCUT2D eigenvalue weighted by atomic mass is 10.0. The van der Waals surface area contributed by atoms with Gasteiger partial charge >= 0.3 is 0 Å². The number of hydrogen-bond acceptors (Lipinski definition) is 3. The third-order valence-electron chi connectivity index (χ3n) is 3.58. The van der Waals surface area contributed by atoms with Gasteiger partial charge in [0.2, 0.25) is 0 Å². The van der Waals surface area contributed by atoms with E-state index in [-0.39, 0.29) is 17.9 Å². The maximum Gasteiger partial charge on any atom is 0.133 e. The molecule has 0 spiro atoms. The SMILES string of the molecule is CC(N)c1cccnc1N(C)C(C)c1ccccc1F. The fourth-order valence-corrected chi connectivity index (χ4v) is 2.27. The molecule has 0 aliphatic rings. The second kappa shape index (κ2) is 6.01. The van der Waals surface area contributed by atoms with Crippen LogP contribution in [-0.2, 0) is 0 Å². The zero-order valence-electron chi connectivity index (χ0n) is 12.0. The molecule has 2 aromatic rings. The molecule has 2 rings (SSSR count). The van der Waals surface area contributed by atoms with Crippen LogP contribution in [0.1, 0.15) is 37.1 Å². The first kappa shape index (κ1) is 14.5. The molecule has 0 bridgehead atoms. The Morgan fingerprint density at radius 3 is 2.40 bits per heavy atom. The molecule has 4 heteroatoms. The molecule has 0 amide bonds. The molecular weight excluding hydrogens is 253 g/mol. The largest absolute Gasteiger partial charge is 0.353 e. The van der Waals surface area contributed by atoms with Gasteiger partial charge in [0.15, 0.2) is 0 Å². The van der Waals surface area contributed by atoms with E-state index in [2.05, 4.69) is 4.98 Å². The lowest BCUT2D eigenvalue weighted by Gasteiger charge is -2.29. The minimum atomic E-state index is -0.204. The van der Waals surface area contributed by atoms with Gasteiger partial charge in [0.05, 0.1) is 6.04 Å². The molecule has 0 radical (unpaired) electrons. The van der Waals surface area contributed by atoms with Crippen LogP contribution in [-0.4, -0.2) is 12.0 Å². The van der Waals surface area contributed by atoms with Gasteiger partial charge in [-0.25, -0.2) is 9.37 Å². The van der Waals surface area contributed by atoms with Gasteiger partial charge in [-0.3, -0.25) is 0 Å². The molecule has 0 aliphatic carbocycles. The van der Waals surface area contributed by atoms with Crippen LogP contribution < -0.4 is 10.6 Å². The van der Waals surface area contributed by atoms with Crippen LogP contribution in [0.4, 0.5) is 10.2 Å². The topological polar surface area (TPSA) is 42.1 Å². The predicted molar refractivity (Wildman–Crippen MR) is 80.1 cm³/mol. The zero-order valence-corrected chi connectivity index (χ0v) is 12.0. The average Bonchev–Trinajstić information content (AvgIpc) is 2.46. The van der Waals surface area contributed by atoms with Crippen LogP contribution >= 0.6 is 0 Å². The van der Waals surface area contributed by atoms with Gasteiger partial charge in [0, 0.05) is 30.4 Å². The number of anilines is 1. The Balaban J connectivity index is 2.37. The monoisotopic (exact) mass is 273 g/mol. The van der Waals surface area contributed by atoms with Crippen molar-refractivity contribution in [3.63, 3.8) is 0 Å². The summed E-state index contributed by atoms with van der Waals surface area (Å²) in [5, 5.41) is 0. The van der Waals surface area contributed by atoms with Gasteiger partial charge in [-0.2, -0.15) is 0 Å². The third-order valence-corrected chi connectivity index (χ3v) is 3.58. The van der Waals surface area contributed by atoms with E-state index in [1.54, 1.807) is 18.3 Å².